The molecule has 1 aliphatic heterocycles. The van der Waals surface area contributed by atoms with E-state index in [1.165, 1.54) is 12.1 Å². The predicted octanol–water partition coefficient (Wildman–Crippen LogP) is 2.29. The summed E-state index contributed by atoms with van der Waals surface area (Å²) in [6.07, 6.45) is 0.353. The van der Waals surface area contributed by atoms with Crippen molar-refractivity contribution in [3.8, 4) is 0 Å². The van der Waals surface area contributed by atoms with Gasteiger partial charge in [0, 0.05) is 17.8 Å². The maximum atomic E-state index is 12.8. The Hall–Kier alpha value is -2.36. The Kier molecular flexibility index (Phi) is 1.68. The van der Waals surface area contributed by atoms with Gasteiger partial charge in [-0.05, 0) is 18.6 Å². The van der Waals surface area contributed by atoms with Crippen molar-refractivity contribution in [1.29, 1.82) is 0 Å². The van der Waals surface area contributed by atoms with Crippen molar-refractivity contribution in [2.75, 3.05) is 0 Å². The second-order valence-electron chi connectivity index (χ2n) is 4.30. The minimum absolute atomic E-state index is 0.132. The van der Waals surface area contributed by atoms with Crippen LogP contribution in [0.4, 0.5) is 0 Å². The van der Waals surface area contributed by atoms with Crippen molar-refractivity contribution >= 4 is 11.8 Å². The van der Waals surface area contributed by atoms with Gasteiger partial charge in [0.25, 0.3) is 0 Å². The number of rotatable bonds is 3. The zero-order valence-electron chi connectivity index (χ0n) is 14.9. The first-order valence-corrected chi connectivity index (χ1v) is 5.79. The van der Waals surface area contributed by atoms with E-state index in [-0.39, 0.29) is 5.69 Å². The van der Waals surface area contributed by atoms with Gasteiger partial charge in [-0.3, -0.25) is 9.59 Å². The lowest BCUT2D eigenvalue weighted by atomic mass is 10.1. The van der Waals surface area contributed by atoms with Crippen LogP contribution in [-0.4, -0.2) is 21.4 Å². The molecule has 4 heteroatoms. The summed E-state index contributed by atoms with van der Waals surface area (Å²) in [6.45, 7) is 0.332. The molecule has 0 aliphatic carbocycles. The number of carboxylic acids is 1. The topological polar surface area (TPSA) is 59.3 Å². The highest BCUT2D eigenvalue weighted by molar-refractivity contribution is 6.08. The van der Waals surface area contributed by atoms with Crippen molar-refractivity contribution in [3.05, 3.63) is 59.3 Å². The lowest BCUT2D eigenvalue weighted by molar-refractivity contribution is -0.138. The van der Waals surface area contributed by atoms with Crippen LogP contribution >= 0.6 is 0 Å². The number of hydrogen-bond acceptors (Lipinski definition) is 2. The molecule has 19 heavy (non-hydrogen) atoms. The summed E-state index contributed by atoms with van der Waals surface area (Å²) in [7, 11) is 0. The maximum Gasteiger partial charge on any atom is 0.312 e. The van der Waals surface area contributed by atoms with E-state index in [1.807, 2.05) is 0 Å². The van der Waals surface area contributed by atoms with E-state index in [1.54, 1.807) is 4.57 Å². The zero-order chi connectivity index (χ0) is 17.8. The van der Waals surface area contributed by atoms with E-state index in [2.05, 4.69) is 0 Å². The summed E-state index contributed by atoms with van der Waals surface area (Å²) in [4.78, 5) is 24.0. The monoisotopic (exact) mass is 260 g/mol. The molecule has 0 radical (unpaired) electrons. The van der Waals surface area contributed by atoms with Gasteiger partial charge >= 0.3 is 5.97 Å². The SMILES string of the molecule is [2H]c1c([2H])c([2H])c(C(=O)c2ccc3n2CC[C@H]3C(=O)O)c([2H])c1[2H]. The van der Waals surface area contributed by atoms with E-state index < -0.39 is 53.4 Å². The molecule has 2 aromatic rings. The molecule has 1 aliphatic rings. The van der Waals surface area contributed by atoms with E-state index in [4.69, 9.17) is 6.85 Å². The van der Waals surface area contributed by atoms with Gasteiger partial charge in [0.2, 0.25) is 5.78 Å². The van der Waals surface area contributed by atoms with Gasteiger partial charge in [0.1, 0.15) is 0 Å². The fraction of sp³-hybridized carbons (Fsp3) is 0.200. The molecule has 2 heterocycles. The molecule has 1 atom stereocenters. The third-order valence-corrected chi connectivity index (χ3v) is 3.27. The van der Waals surface area contributed by atoms with Gasteiger partial charge < -0.3 is 9.67 Å². The maximum absolute atomic E-state index is 12.8. The smallest absolute Gasteiger partial charge is 0.312 e. The van der Waals surface area contributed by atoms with E-state index in [0.29, 0.717) is 18.7 Å². The van der Waals surface area contributed by atoms with Gasteiger partial charge in [0.05, 0.1) is 18.5 Å². The van der Waals surface area contributed by atoms with Crippen LogP contribution in [-0.2, 0) is 11.3 Å². The number of aliphatic carboxylic acids is 1. The summed E-state index contributed by atoms with van der Waals surface area (Å²) in [6, 6.07) is 0.144. The molecule has 0 amide bonds. The van der Waals surface area contributed by atoms with Crippen molar-refractivity contribution in [2.45, 2.75) is 18.9 Å². The number of nitrogens with zero attached hydrogens (tertiary/aromatic N) is 1. The Balaban J connectivity index is 2.13. The molecule has 1 aromatic carbocycles. The average molecular weight is 260 g/mol. The fourth-order valence-corrected chi connectivity index (χ4v) is 2.38. The first-order valence-electron chi connectivity index (χ1n) is 8.29. The Labute approximate surface area is 117 Å². The molecule has 0 spiro atoms. The van der Waals surface area contributed by atoms with E-state index in [9.17, 15) is 14.7 Å². The predicted molar refractivity (Wildman–Crippen MR) is 69.3 cm³/mol. The van der Waals surface area contributed by atoms with Crippen LogP contribution in [0.25, 0.3) is 0 Å². The number of hydrogen-bond donors (Lipinski definition) is 1. The fourth-order valence-electron chi connectivity index (χ4n) is 2.38. The number of carbonyl (C=O) groups is 2. The molecule has 0 bridgehead atoms. The normalized spacial score (nSPS) is 20.8. The number of ketones is 1. The van der Waals surface area contributed by atoms with Gasteiger partial charge in [-0.25, -0.2) is 0 Å². The largest absolute Gasteiger partial charge is 0.481 e. The summed E-state index contributed by atoms with van der Waals surface area (Å²) in [5, 5.41) is 9.19. The van der Waals surface area contributed by atoms with Gasteiger partial charge in [-0.1, -0.05) is 30.2 Å². The van der Waals surface area contributed by atoms with Crippen LogP contribution in [0, 0.1) is 0 Å². The van der Waals surface area contributed by atoms with Crippen LogP contribution in [0.2, 0.25) is 0 Å². The molecule has 1 aromatic heterocycles. The molecular weight excluding hydrogens is 242 g/mol. The van der Waals surface area contributed by atoms with Crippen LogP contribution in [0.3, 0.4) is 0 Å². The lowest BCUT2D eigenvalue weighted by Crippen LogP contribution is -2.09. The third kappa shape index (κ3) is 1.85. The van der Waals surface area contributed by atoms with Crippen molar-refractivity contribution in [1.82, 2.24) is 4.57 Å². The minimum atomic E-state index is -0.978. The Morgan fingerprint density at radius 3 is 2.68 bits per heavy atom. The second kappa shape index (κ2) is 4.39. The Morgan fingerprint density at radius 2 is 2.00 bits per heavy atom. The summed E-state index contributed by atoms with van der Waals surface area (Å²) in [5.74, 6) is -2.38. The van der Waals surface area contributed by atoms with Crippen LogP contribution in [0.5, 0.6) is 0 Å². The molecule has 3 rings (SSSR count). The highest BCUT2D eigenvalue weighted by atomic mass is 16.4. The number of carboxylic acid groups (broad SMARTS) is 1. The Bertz CT molecular complexity index is 861. The van der Waals surface area contributed by atoms with Crippen molar-refractivity contribution in [2.24, 2.45) is 0 Å². The summed E-state index contributed by atoms with van der Waals surface area (Å²) >= 11 is 0. The van der Waals surface area contributed by atoms with Gasteiger partial charge in [-0.2, -0.15) is 0 Å². The lowest BCUT2D eigenvalue weighted by Gasteiger charge is -2.05. The number of carbonyl (C=O) groups excluding carboxylic acids is 1. The summed E-state index contributed by atoms with van der Waals surface area (Å²) in [5.41, 5.74) is 0.214. The standard InChI is InChI=1S/C15H13NO3/c17-14(10-4-2-1-3-5-10)13-7-6-12-11(15(18)19)8-9-16(12)13/h1-7,11H,8-9H2,(H,18,19)/t11-/m1/s1/i1D,2D,3D,4D,5D. The highest BCUT2D eigenvalue weighted by Crippen LogP contribution is 2.31. The second-order valence-corrected chi connectivity index (χ2v) is 4.30. The van der Waals surface area contributed by atoms with Gasteiger partial charge in [-0.15, -0.1) is 0 Å². The first-order chi connectivity index (χ1) is 11.3. The molecule has 96 valence electrons. The van der Waals surface area contributed by atoms with Crippen LogP contribution < -0.4 is 0 Å². The third-order valence-electron chi connectivity index (χ3n) is 3.27. The van der Waals surface area contributed by atoms with Crippen LogP contribution in [0.15, 0.2) is 42.3 Å². The molecule has 0 saturated heterocycles. The minimum Gasteiger partial charge on any atom is -0.481 e. The quantitative estimate of drug-likeness (QED) is 0.861. The molecule has 0 unspecified atom stereocenters. The summed E-state index contributed by atoms with van der Waals surface area (Å²) < 4.78 is 40.2. The Morgan fingerprint density at radius 1 is 1.26 bits per heavy atom. The molecular formula is C15H13NO3. The zero-order valence-corrected chi connectivity index (χ0v) is 9.86. The number of fused-ring (bicyclic) bond motifs is 1. The first kappa shape index (κ1) is 7.28. The van der Waals surface area contributed by atoms with Gasteiger partial charge in [0.15, 0.2) is 0 Å². The highest BCUT2D eigenvalue weighted by Gasteiger charge is 2.31. The van der Waals surface area contributed by atoms with E-state index >= 15 is 0 Å². The van der Waals surface area contributed by atoms with E-state index in [0.717, 1.165) is 0 Å². The van der Waals surface area contributed by atoms with Crippen molar-refractivity contribution in [3.63, 3.8) is 0 Å². The number of benzene rings is 1. The van der Waals surface area contributed by atoms with Crippen molar-refractivity contribution < 1.29 is 21.5 Å². The molecule has 4 nitrogen and oxygen atoms in total. The molecule has 0 fully saturated rings. The van der Waals surface area contributed by atoms with Crippen LogP contribution in [0.1, 0.15) is 40.9 Å². The average Bonchev–Trinajstić information content (AvgIpc) is 3.12. The molecule has 1 N–H and O–H groups in total. The number of aromatic nitrogens is 1. The molecule has 0 saturated carbocycles.